The maximum atomic E-state index is 14.1. The Kier molecular flexibility index (Phi) is 3.12. The van der Waals surface area contributed by atoms with E-state index in [1.54, 1.807) is 6.92 Å². The number of hydrogen-bond donors (Lipinski definition) is 2. The van der Waals surface area contributed by atoms with Crippen molar-refractivity contribution in [2.45, 2.75) is 25.4 Å². The van der Waals surface area contributed by atoms with E-state index in [9.17, 15) is 13.2 Å². The molecule has 116 valence electrons. The molecule has 0 aliphatic carbocycles. The number of nitrogen functional groups attached to an aromatic ring is 1. The summed E-state index contributed by atoms with van der Waals surface area (Å²) in [5.74, 6) is -0.895. The van der Waals surface area contributed by atoms with E-state index in [1.807, 2.05) is 0 Å². The summed E-state index contributed by atoms with van der Waals surface area (Å²) in [6, 6.07) is 4.08. The van der Waals surface area contributed by atoms with E-state index in [0.717, 1.165) is 0 Å². The molecule has 0 fully saturated rings. The predicted molar refractivity (Wildman–Crippen MR) is 76.1 cm³/mol. The van der Waals surface area contributed by atoms with Gasteiger partial charge >= 0.3 is 0 Å². The monoisotopic (exact) mass is 309 g/mol. The highest BCUT2D eigenvalue weighted by atomic mass is 19.3. The van der Waals surface area contributed by atoms with E-state index in [1.165, 1.54) is 29.0 Å². The summed E-state index contributed by atoms with van der Waals surface area (Å²) in [5, 5.41) is 0. The number of halogens is 3. The van der Waals surface area contributed by atoms with Gasteiger partial charge in [-0.3, -0.25) is 4.99 Å². The van der Waals surface area contributed by atoms with Crippen LogP contribution in [0.15, 0.2) is 29.4 Å². The minimum atomic E-state index is -2.76. The molecule has 1 aliphatic heterocycles. The molecule has 0 spiro atoms. The van der Waals surface area contributed by atoms with Gasteiger partial charge in [-0.2, -0.15) is 0 Å². The van der Waals surface area contributed by atoms with Crippen molar-refractivity contribution in [2.24, 2.45) is 10.7 Å². The minimum Gasteiger partial charge on any atom is -0.399 e. The summed E-state index contributed by atoms with van der Waals surface area (Å²) in [7, 11) is 0. The van der Waals surface area contributed by atoms with Crippen LogP contribution >= 0.6 is 0 Å². The van der Waals surface area contributed by atoms with Crippen molar-refractivity contribution in [2.75, 3.05) is 5.73 Å². The number of aliphatic imine (C=N–C) groups is 1. The van der Waals surface area contributed by atoms with Crippen LogP contribution in [-0.4, -0.2) is 15.4 Å². The second kappa shape index (κ2) is 4.75. The number of fused-ring (bicyclic) bond motifs is 1. The molecule has 1 atom stereocenters. The zero-order valence-electron chi connectivity index (χ0n) is 11.7. The Morgan fingerprint density at radius 1 is 1.32 bits per heavy atom. The maximum Gasteiger partial charge on any atom is 0.295 e. The number of rotatable bonds is 2. The Bertz CT molecular complexity index is 768. The molecular weight excluding hydrogens is 295 g/mol. The van der Waals surface area contributed by atoms with Crippen molar-refractivity contribution in [3.63, 3.8) is 0 Å². The number of nitrogens with zero attached hydrogens (tertiary/aromatic N) is 3. The molecule has 1 aliphatic rings. The maximum absolute atomic E-state index is 14.1. The topological polar surface area (TPSA) is 82.2 Å². The van der Waals surface area contributed by atoms with Gasteiger partial charge in [-0.25, -0.2) is 18.2 Å². The van der Waals surface area contributed by atoms with Gasteiger partial charge in [-0.05, 0) is 25.1 Å². The molecule has 1 aromatic heterocycles. The van der Waals surface area contributed by atoms with Crippen molar-refractivity contribution in [3.05, 3.63) is 47.3 Å². The number of hydrogen-bond acceptors (Lipinski definition) is 4. The second-order valence-electron chi connectivity index (χ2n) is 5.40. The number of nitrogens with two attached hydrogens (primary N) is 2. The Morgan fingerprint density at radius 3 is 2.73 bits per heavy atom. The van der Waals surface area contributed by atoms with Gasteiger partial charge in [0.2, 0.25) is 0 Å². The summed E-state index contributed by atoms with van der Waals surface area (Å²) in [6.07, 6.45) is -1.51. The van der Waals surface area contributed by atoms with Crippen molar-refractivity contribution < 1.29 is 13.2 Å². The molecular formula is C14H14F3N5. The van der Waals surface area contributed by atoms with Gasteiger partial charge in [0.25, 0.3) is 6.43 Å². The van der Waals surface area contributed by atoms with Gasteiger partial charge in [0.1, 0.15) is 22.9 Å². The molecule has 22 heavy (non-hydrogen) atoms. The molecule has 5 nitrogen and oxygen atoms in total. The predicted octanol–water partition coefficient (Wildman–Crippen LogP) is 2.18. The lowest BCUT2D eigenvalue weighted by Gasteiger charge is -2.32. The van der Waals surface area contributed by atoms with Crippen molar-refractivity contribution in [3.8, 4) is 0 Å². The first-order chi connectivity index (χ1) is 10.3. The van der Waals surface area contributed by atoms with E-state index in [-0.39, 0.29) is 17.9 Å². The Morgan fingerprint density at radius 2 is 2.05 bits per heavy atom. The standard InChI is InChI=1S/C14H14F3N5/c1-14(8-4-7(18)2-3-9(8)15)6-22-10(12(19)21-14)5-20-13(22)11(16)17/h2-5,11H,6,18H2,1H3,(H2,19,21). The highest BCUT2D eigenvalue weighted by molar-refractivity contribution is 5.96. The van der Waals surface area contributed by atoms with E-state index in [2.05, 4.69) is 9.98 Å². The van der Waals surface area contributed by atoms with E-state index >= 15 is 0 Å². The van der Waals surface area contributed by atoms with E-state index in [0.29, 0.717) is 11.4 Å². The minimum absolute atomic E-state index is 0.00306. The summed E-state index contributed by atoms with van der Waals surface area (Å²) < 4.78 is 41.5. The summed E-state index contributed by atoms with van der Waals surface area (Å²) in [5.41, 5.74) is 11.3. The smallest absolute Gasteiger partial charge is 0.295 e. The average molecular weight is 309 g/mol. The van der Waals surface area contributed by atoms with Gasteiger partial charge < -0.3 is 16.0 Å². The average Bonchev–Trinajstić information content (AvgIpc) is 2.85. The molecule has 3 rings (SSSR count). The van der Waals surface area contributed by atoms with Crippen LogP contribution in [0.2, 0.25) is 0 Å². The number of aromatic nitrogens is 2. The van der Waals surface area contributed by atoms with Crippen LogP contribution in [-0.2, 0) is 12.1 Å². The largest absolute Gasteiger partial charge is 0.399 e. The van der Waals surface area contributed by atoms with Gasteiger partial charge in [0.05, 0.1) is 12.7 Å². The molecule has 0 saturated carbocycles. The van der Waals surface area contributed by atoms with Crippen LogP contribution in [0.25, 0.3) is 0 Å². The first-order valence-electron chi connectivity index (χ1n) is 6.56. The van der Waals surface area contributed by atoms with Crippen LogP contribution in [0.3, 0.4) is 0 Å². The first-order valence-corrected chi connectivity index (χ1v) is 6.56. The van der Waals surface area contributed by atoms with Gasteiger partial charge in [-0.1, -0.05) is 0 Å². The van der Waals surface area contributed by atoms with Gasteiger partial charge in [0, 0.05) is 11.3 Å². The lowest BCUT2D eigenvalue weighted by Crippen LogP contribution is -2.38. The highest BCUT2D eigenvalue weighted by Crippen LogP contribution is 2.36. The van der Waals surface area contributed by atoms with Gasteiger partial charge in [-0.15, -0.1) is 0 Å². The molecule has 1 aromatic carbocycles. The number of amidine groups is 1. The normalized spacial score (nSPS) is 20.9. The molecule has 0 bridgehead atoms. The van der Waals surface area contributed by atoms with Crippen LogP contribution in [0.1, 0.15) is 30.4 Å². The Hall–Kier alpha value is -2.51. The fraction of sp³-hybridized carbons (Fsp3) is 0.286. The van der Waals surface area contributed by atoms with Crippen molar-refractivity contribution in [1.82, 2.24) is 9.55 Å². The van der Waals surface area contributed by atoms with Crippen LogP contribution < -0.4 is 11.5 Å². The molecule has 0 amide bonds. The molecule has 1 unspecified atom stereocenters. The number of anilines is 1. The second-order valence-corrected chi connectivity index (χ2v) is 5.40. The molecule has 0 saturated heterocycles. The lowest BCUT2D eigenvalue weighted by atomic mass is 9.90. The SMILES string of the molecule is CC1(c2cc(N)ccc2F)Cn2c(cnc2C(F)F)C(N)=N1. The molecule has 2 heterocycles. The highest BCUT2D eigenvalue weighted by Gasteiger charge is 2.37. The lowest BCUT2D eigenvalue weighted by molar-refractivity contribution is 0.132. The number of alkyl halides is 2. The quantitative estimate of drug-likeness (QED) is 0.834. The Balaban J connectivity index is 2.15. The summed E-state index contributed by atoms with van der Waals surface area (Å²) in [6.45, 7) is 1.62. The third-order valence-corrected chi connectivity index (χ3v) is 3.75. The first kappa shape index (κ1) is 14.4. The zero-order valence-corrected chi connectivity index (χ0v) is 11.7. The third kappa shape index (κ3) is 2.11. The molecule has 0 radical (unpaired) electrons. The van der Waals surface area contributed by atoms with E-state index < -0.39 is 23.6 Å². The fourth-order valence-electron chi connectivity index (χ4n) is 2.70. The van der Waals surface area contributed by atoms with E-state index in [4.69, 9.17) is 11.5 Å². The molecule has 4 N–H and O–H groups in total. The molecule has 2 aromatic rings. The fourth-order valence-corrected chi connectivity index (χ4v) is 2.70. The zero-order chi connectivity index (χ0) is 16.1. The van der Waals surface area contributed by atoms with Gasteiger partial charge in [0.15, 0.2) is 5.82 Å². The summed E-state index contributed by atoms with van der Waals surface area (Å²) in [4.78, 5) is 7.97. The van der Waals surface area contributed by atoms with Crippen molar-refractivity contribution >= 4 is 11.5 Å². The van der Waals surface area contributed by atoms with Crippen LogP contribution in [0.5, 0.6) is 0 Å². The number of imidazole rings is 1. The van der Waals surface area contributed by atoms with Crippen LogP contribution in [0, 0.1) is 5.82 Å². The Labute approximate surface area is 124 Å². The third-order valence-electron chi connectivity index (χ3n) is 3.75. The number of benzene rings is 1. The summed E-state index contributed by atoms with van der Waals surface area (Å²) >= 11 is 0. The van der Waals surface area contributed by atoms with Crippen molar-refractivity contribution in [1.29, 1.82) is 0 Å². The molecule has 8 heteroatoms. The van der Waals surface area contributed by atoms with Crippen LogP contribution in [0.4, 0.5) is 18.9 Å².